The third-order valence-electron chi connectivity index (χ3n) is 6.28. The zero-order valence-corrected chi connectivity index (χ0v) is 19.5. The molecule has 3 N–H and O–H groups in total. The number of piperidine rings is 1. The van der Waals surface area contributed by atoms with E-state index in [1.165, 1.54) is 5.56 Å². The normalized spacial score (nSPS) is 18.2. The number of carbonyl (C=O) groups excluding carboxylic acids is 1. The van der Waals surface area contributed by atoms with Crippen LogP contribution in [0.2, 0.25) is 0 Å². The summed E-state index contributed by atoms with van der Waals surface area (Å²) in [7, 11) is 0. The average Bonchev–Trinajstić information content (AvgIpc) is 3.28. The van der Waals surface area contributed by atoms with Gasteiger partial charge in [-0.2, -0.15) is 5.10 Å². The van der Waals surface area contributed by atoms with Gasteiger partial charge in [0.2, 0.25) is 0 Å². The van der Waals surface area contributed by atoms with E-state index in [0.29, 0.717) is 11.5 Å². The molecule has 6 heteroatoms. The van der Waals surface area contributed by atoms with Gasteiger partial charge in [0.05, 0.1) is 17.3 Å². The zero-order valence-electron chi connectivity index (χ0n) is 19.5. The second-order valence-corrected chi connectivity index (χ2v) is 9.20. The molecule has 4 aromatic rings. The lowest BCUT2D eigenvalue weighted by Crippen LogP contribution is -2.48. The third-order valence-corrected chi connectivity index (χ3v) is 6.28. The molecule has 0 unspecified atom stereocenters. The first-order valence-electron chi connectivity index (χ1n) is 11.9. The van der Waals surface area contributed by atoms with Crippen LogP contribution in [-0.2, 0) is 0 Å². The van der Waals surface area contributed by atoms with Crippen molar-refractivity contribution < 1.29 is 9.53 Å². The minimum atomic E-state index is -0.0600. The Bertz CT molecular complexity index is 1260. The van der Waals surface area contributed by atoms with Crippen LogP contribution in [0.5, 0.6) is 5.75 Å². The van der Waals surface area contributed by atoms with Crippen LogP contribution in [0.15, 0.2) is 72.8 Å². The molecule has 0 bridgehead atoms. The number of fused-ring (bicyclic) bond motifs is 1. The quantitative estimate of drug-likeness (QED) is 0.387. The smallest absolute Gasteiger partial charge is 0.251 e. The number of nitrogens with one attached hydrogen (secondary N) is 3. The van der Waals surface area contributed by atoms with Crippen LogP contribution in [0.25, 0.3) is 22.2 Å². The number of aromatic amines is 1. The number of benzene rings is 3. The number of carbonyl (C=O) groups is 1. The monoisotopic (exact) mass is 454 g/mol. The summed E-state index contributed by atoms with van der Waals surface area (Å²) in [6.07, 6.45) is 1.05. The Kier molecular flexibility index (Phi) is 6.32. The van der Waals surface area contributed by atoms with Gasteiger partial charge in [0.1, 0.15) is 5.75 Å². The van der Waals surface area contributed by atoms with Crippen molar-refractivity contribution in [3.8, 4) is 17.0 Å². The topological polar surface area (TPSA) is 79.0 Å². The van der Waals surface area contributed by atoms with E-state index in [2.05, 4.69) is 45.1 Å². The molecule has 5 rings (SSSR count). The Morgan fingerprint density at radius 2 is 1.82 bits per heavy atom. The van der Waals surface area contributed by atoms with Gasteiger partial charge in [-0.15, -0.1) is 0 Å². The first-order valence-corrected chi connectivity index (χ1v) is 11.9. The van der Waals surface area contributed by atoms with Crippen LogP contribution in [0.1, 0.15) is 42.1 Å². The van der Waals surface area contributed by atoms with Crippen LogP contribution < -0.4 is 15.4 Å². The fraction of sp³-hybridized carbons (Fsp3) is 0.286. The van der Waals surface area contributed by atoms with E-state index in [4.69, 9.17) is 4.74 Å². The summed E-state index contributed by atoms with van der Waals surface area (Å²) in [6.45, 7) is 5.72. The zero-order chi connectivity index (χ0) is 23.5. The Morgan fingerprint density at radius 3 is 2.59 bits per heavy atom. The largest absolute Gasteiger partial charge is 0.491 e. The highest BCUT2D eigenvalue weighted by atomic mass is 16.5. The SMILES string of the molecule is CC(C)Oc1ccc(-c2n[nH]c3ccc(C(=O)N[C@@H]4CNC[C@H](c5ccccc5)C4)cc23)cc1. The highest BCUT2D eigenvalue weighted by molar-refractivity contribution is 6.01. The molecule has 174 valence electrons. The van der Waals surface area contributed by atoms with Gasteiger partial charge in [-0.05, 0) is 74.2 Å². The van der Waals surface area contributed by atoms with E-state index in [-0.39, 0.29) is 18.1 Å². The van der Waals surface area contributed by atoms with Crippen molar-refractivity contribution in [1.82, 2.24) is 20.8 Å². The van der Waals surface area contributed by atoms with E-state index >= 15 is 0 Å². The maximum Gasteiger partial charge on any atom is 0.251 e. The molecule has 34 heavy (non-hydrogen) atoms. The van der Waals surface area contributed by atoms with Gasteiger partial charge in [0, 0.05) is 35.6 Å². The third kappa shape index (κ3) is 4.82. The molecule has 0 radical (unpaired) electrons. The Labute approximate surface area is 199 Å². The van der Waals surface area contributed by atoms with Crippen molar-refractivity contribution in [1.29, 1.82) is 0 Å². The molecule has 1 aromatic heterocycles. The van der Waals surface area contributed by atoms with Crippen molar-refractivity contribution in [2.75, 3.05) is 13.1 Å². The number of H-pyrrole nitrogens is 1. The standard InChI is InChI=1S/C28H30N4O2/c1-18(2)34-24-11-8-20(9-12-24)27-25-15-21(10-13-26(25)31-32-27)28(33)30-23-14-22(16-29-17-23)19-6-4-3-5-7-19/h3-13,15,18,22-23,29H,14,16-17H2,1-2H3,(H,30,33)(H,31,32)/t22-,23+/m1/s1. The van der Waals surface area contributed by atoms with E-state index in [9.17, 15) is 4.79 Å². The second-order valence-electron chi connectivity index (χ2n) is 9.20. The lowest BCUT2D eigenvalue weighted by molar-refractivity contribution is 0.0928. The highest BCUT2D eigenvalue weighted by Crippen LogP contribution is 2.29. The Hall–Kier alpha value is -3.64. The number of nitrogens with zero attached hydrogens (tertiary/aromatic N) is 1. The maximum absolute atomic E-state index is 13.1. The fourth-order valence-electron chi connectivity index (χ4n) is 4.64. The molecule has 3 aromatic carbocycles. The van der Waals surface area contributed by atoms with Gasteiger partial charge >= 0.3 is 0 Å². The van der Waals surface area contributed by atoms with Gasteiger partial charge in [0.15, 0.2) is 0 Å². The molecular weight excluding hydrogens is 424 g/mol. The Morgan fingerprint density at radius 1 is 1.03 bits per heavy atom. The molecular formula is C28H30N4O2. The molecule has 1 fully saturated rings. The molecule has 1 amide bonds. The second kappa shape index (κ2) is 9.69. The number of hydrogen-bond donors (Lipinski definition) is 3. The minimum absolute atomic E-state index is 0.0600. The fourth-order valence-corrected chi connectivity index (χ4v) is 4.64. The van der Waals surface area contributed by atoms with Crippen molar-refractivity contribution in [3.63, 3.8) is 0 Å². The molecule has 1 aliphatic rings. The average molecular weight is 455 g/mol. The van der Waals surface area contributed by atoms with Crippen molar-refractivity contribution in [2.45, 2.75) is 38.3 Å². The van der Waals surface area contributed by atoms with Gasteiger partial charge in [-0.3, -0.25) is 9.89 Å². The summed E-state index contributed by atoms with van der Waals surface area (Å²) in [5, 5.41) is 15.2. The van der Waals surface area contributed by atoms with Crippen molar-refractivity contribution in [3.05, 3.63) is 83.9 Å². The van der Waals surface area contributed by atoms with Crippen molar-refractivity contribution in [2.24, 2.45) is 0 Å². The van der Waals surface area contributed by atoms with E-state index in [0.717, 1.165) is 47.4 Å². The lowest BCUT2D eigenvalue weighted by Gasteiger charge is -2.31. The predicted octanol–water partition coefficient (Wildman–Crippen LogP) is 4.89. The number of amides is 1. The van der Waals surface area contributed by atoms with Gasteiger partial charge in [-0.25, -0.2) is 0 Å². The number of aromatic nitrogens is 2. The van der Waals surface area contributed by atoms with Crippen LogP contribution in [0.4, 0.5) is 0 Å². The van der Waals surface area contributed by atoms with Crippen molar-refractivity contribution >= 4 is 16.8 Å². The molecule has 2 atom stereocenters. The minimum Gasteiger partial charge on any atom is -0.491 e. The predicted molar refractivity (Wildman–Crippen MR) is 135 cm³/mol. The molecule has 1 saturated heterocycles. The number of ether oxygens (including phenoxy) is 1. The van der Waals surface area contributed by atoms with Gasteiger partial charge in [-0.1, -0.05) is 30.3 Å². The van der Waals surface area contributed by atoms with Crippen LogP contribution in [-0.4, -0.2) is 41.3 Å². The summed E-state index contributed by atoms with van der Waals surface area (Å²) in [4.78, 5) is 13.1. The first kappa shape index (κ1) is 22.2. The van der Waals surface area contributed by atoms with Crippen LogP contribution >= 0.6 is 0 Å². The summed E-state index contributed by atoms with van der Waals surface area (Å²) < 4.78 is 5.75. The van der Waals surface area contributed by atoms with Gasteiger partial charge in [0.25, 0.3) is 5.91 Å². The molecule has 0 aliphatic carbocycles. The van der Waals surface area contributed by atoms with Crippen LogP contribution in [0.3, 0.4) is 0 Å². The molecule has 1 aliphatic heterocycles. The summed E-state index contributed by atoms with van der Waals surface area (Å²) >= 11 is 0. The molecule has 2 heterocycles. The molecule has 6 nitrogen and oxygen atoms in total. The van der Waals surface area contributed by atoms with E-state index < -0.39 is 0 Å². The van der Waals surface area contributed by atoms with Crippen LogP contribution in [0, 0.1) is 0 Å². The molecule has 0 saturated carbocycles. The Balaban J connectivity index is 1.32. The lowest BCUT2D eigenvalue weighted by atomic mass is 9.89. The highest BCUT2D eigenvalue weighted by Gasteiger charge is 2.24. The summed E-state index contributed by atoms with van der Waals surface area (Å²) in [5.41, 5.74) is 4.64. The maximum atomic E-state index is 13.1. The number of rotatable bonds is 6. The van der Waals surface area contributed by atoms with E-state index in [1.807, 2.05) is 62.4 Å². The molecule has 0 spiro atoms. The van der Waals surface area contributed by atoms with Gasteiger partial charge < -0.3 is 15.4 Å². The van der Waals surface area contributed by atoms with E-state index in [1.54, 1.807) is 0 Å². The first-order chi connectivity index (χ1) is 16.6. The summed E-state index contributed by atoms with van der Waals surface area (Å²) in [5.74, 6) is 1.16. The number of hydrogen-bond acceptors (Lipinski definition) is 4. The summed E-state index contributed by atoms with van der Waals surface area (Å²) in [6, 6.07) is 24.2.